The first kappa shape index (κ1) is 20.2. The first-order chi connectivity index (χ1) is 13.7. The second-order valence-electron chi connectivity index (χ2n) is 8.85. The molecule has 1 amide bonds. The highest BCUT2D eigenvalue weighted by molar-refractivity contribution is 5.48. The standard InChI is InChI=1S/C21H27F3N4O/c1-13-7-16(11-27(10-13)12-29)19-8-14(2)25-20-9-18(26-28(19)20)15-3-5-17(6-4-15)21(22,23)24/h8-9,12-13,15-17H,3-7,10-11H2,1-2H3/t13-,15-,16+,17-/m0/s1. The zero-order valence-corrected chi connectivity index (χ0v) is 16.8. The Hall–Kier alpha value is -2.12. The summed E-state index contributed by atoms with van der Waals surface area (Å²) in [4.78, 5) is 17.7. The Labute approximate surface area is 168 Å². The fourth-order valence-electron chi connectivity index (χ4n) is 5.05. The third kappa shape index (κ3) is 4.12. The lowest BCUT2D eigenvalue weighted by Crippen LogP contribution is -2.38. The maximum absolute atomic E-state index is 13.0. The number of fused-ring (bicyclic) bond motifs is 1. The number of aromatic nitrogens is 3. The fourth-order valence-corrected chi connectivity index (χ4v) is 5.05. The molecule has 0 unspecified atom stereocenters. The van der Waals surface area contributed by atoms with Crippen LogP contribution in [0.3, 0.4) is 0 Å². The van der Waals surface area contributed by atoms with Crippen molar-refractivity contribution in [3.05, 3.63) is 29.2 Å². The second kappa shape index (κ2) is 7.61. The van der Waals surface area contributed by atoms with Crippen LogP contribution in [0.25, 0.3) is 5.65 Å². The summed E-state index contributed by atoms with van der Waals surface area (Å²) in [5.41, 5.74) is 3.49. The number of halogens is 3. The van der Waals surface area contributed by atoms with Crippen LogP contribution in [0.2, 0.25) is 0 Å². The van der Waals surface area contributed by atoms with E-state index in [-0.39, 0.29) is 24.7 Å². The predicted molar refractivity (Wildman–Crippen MR) is 103 cm³/mol. The number of piperidine rings is 1. The summed E-state index contributed by atoms with van der Waals surface area (Å²) in [7, 11) is 0. The Bertz CT molecular complexity index is 886. The molecule has 29 heavy (non-hydrogen) atoms. The number of aryl methyl sites for hydroxylation is 1. The lowest BCUT2D eigenvalue weighted by molar-refractivity contribution is -0.182. The van der Waals surface area contributed by atoms with Crippen molar-refractivity contribution in [3.63, 3.8) is 0 Å². The summed E-state index contributed by atoms with van der Waals surface area (Å²) in [6, 6.07) is 3.95. The Balaban J connectivity index is 1.61. The summed E-state index contributed by atoms with van der Waals surface area (Å²) in [6.07, 6.45) is -0.900. The molecule has 1 aliphatic carbocycles. The van der Waals surface area contributed by atoms with Crippen LogP contribution in [0.4, 0.5) is 13.2 Å². The van der Waals surface area contributed by atoms with E-state index in [1.807, 2.05) is 28.5 Å². The summed E-state index contributed by atoms with van der Waals surface area (Å²) >= 11 is 0. The van der Waals surface area contributed by atoms with Crippen LogP contribution < -0.4 is 0 Å². The summed E-state index contributed by atoms with van der Waals surface area (Å²) in [6.45, 7) is 5.49. The fraction of sp³-hybridized carbons (Fsp3) is 0.667. The highest BCUT2D eigenvalue weighted by Crippen LogP contribution is 2.43. The molecule has 4 rings (SSSR count). The van der Waals surface area contributed by atoms with Crippen LogP contribution in [0, 0.1) is 18.8 Å². The largest absolute Gasteiger partial charge is 0.391 e. The third-order valence-electron chi connectivity index (χ3n) is 6.47. The minimum absolute atomic E-state index is 0.0419. The topological polar surface area (TPSA) is 50.5 Å². The van der Waals surface area contributed by atoms with Crippen LogP contribution in [0.15, 0.2) is 12.1 Å². The van der Waals surface area contributed by atoms with Gasteiger partial charge in [0.05, 0.1) is 17.3 Å². The smallest absolute Gasteiger partial charge is 0.344 e. The summed E-state index contributed by atoms with van der Waals surface area (Å²) in [5.74, 6) is -0.581. The summed E-state index contributed by atoms with van der Waals surface area (Å²) < 4.78 is 40.8. The SMILES string of the molecule is Cc1cc([C@@H]2C[C@H](C)CN(C=O)C2)n2nc([C@H]3CC[C@H](C(F)(F)F)CC3)cc2n1. The zero-order chi connectivity index (χ0) is 20.8. The van der Waals surface area contributed by atoms with Gasteiger partial charge in [0.25, 0.3) is 0 Å². The van der Waals surface area contributed by atoms with E-state index < -0.39 is 12.1 Å². The minimum Gasteiger partial charge on any atom is -0.344 e. The maximum atomic E-state index is 13.0. The van der Waals surface area contributed by atoms with E-state index >= 15 is 0 Å². The van der Waals surface area contributed by atoms with E-state index in [0.29, 0.717) is 25.3 Å². The van der Waals surface area contributed by atoms with Gasteiger partial charge in [-0.05, 0) is 51.0 Å². The lowest BCUT2D eigenvalue weighted by atomic mass is 9.80. The molecule has 0 aromatic carbocycles. The molecule has 2 fully saturated rings. The normalized spacial score (nSPS) is 28.7. The monoisotopic (exact) mass is 408 g/mol. The number of hydrogen-bond acceptors (Lipinski definition) is 3. The van der Waals surface area contributed by atoms with Crippen molar-refractivity contribution in [2.24, 2.45) is 11.8 Å². The molecule has 3 heterocycles. The predicted octanol–water partition coefficient (Wildman–Crippen LogP) is 4.46. The van der Waals surface area contributed by atoms with E-state index in [1.54, 1.807) is 0 Å². The van der Waals surface area contributed by atoms with Gasteiger partial charge in [-0.25, -0.2) is 9.50 Å². The van der Waals surface area contributed by atoms with Gasteiger partial charge in [0.2, 0.25) is 6.41 Å². The minimum atomic E-state index is -4.10. The Morgan fingerprint density at radius 3 is 2.48 bits per heavy atom. The molecule has 2 aromatic rings. The van der Waals surface area contributed by atoms with Crippen LogP contribution in [0.5, 0.6) is 0 Å². The highest BCUT2D eigenvalue weighted by atomic mass is 19.4. The van der Waals surface area contributed by atoms with Gasteiger partial charge >= 0.3 is 6.18 Å². The van der Waals surface area contributed by atoms with E-state index in [9.17, 15) is 18.0 Å². The van der Waals surface area contributed by atoms with Gasteiger partial charge in [-0.2, -0.15) is 18.3 Å². The number of rotatable bonds is 3. The van der Waals surface area contributed by atoms with Crippen LogP contribution in [0.1, 0.15) is 67.9 Å². The molecule has 0 radical (unpaired) electrons. The molecule has 0 bridgehead atoms. The Morgan fingerprint density at radius 1 is 1.10 bits per heavy atom. The number of carbonyl (C=O) groups is 1. The first-order valence-corrected chi connectivity index (χ1v) is 10.4. The van der Waals surface area contributed by atoms with Gasteiger partial charge < -0.3 is 4.90 Å². The number of likely N-dealkylation sites (tertiary alicyclic amines) is 1. The number of nitrogens with zero attached hydrogens (tertiary/aromatic N) is 4. The molecule has 158 valence electrons. The van der Waals surface area contributed by atoms with Crippen molar-refractivity contribution in [1.82, 2.24) is 19.5 Å². The summed E-state index contributed by atoms with van der Waals surface area (Å²) in [5, 5.41) is 4.78. The van der Waals surface area contributed by atoms with Gasteiger partial charge in [0.15, 0.2) is 5.65 Å². The van der Waals surface area contributed by atoms with E-state index in [4.69, 9.17) is 5.10 Å². The number of alkyl halides is 3. The van der Waals surface area contributed by atoms with E-state index in [0.717, 1.165) is 42.1 Å². The van der Waals surface area contributed by atoms with Crippen molar-refractivity contribution in [2.75, 3.05) is 13.1 Å². The van der Waals surface area contributed by atoms with Crippen molar-refractivity contribution >= 4 is 12.1 Å². The van der Waals surface area contributed by atoms with Gasteiger partial charge in [-0.15, -0.1) is 0 Å². The van der Waals surface area contributed by atoms with Gasteiger partial charge in [-0.3, -0.25) is 4.79 Å². The average Bonchev–Trinajstić information content (AvgIpc) is 3.10. The molecule has 2 aromatic heterocycles. The average molecular weight is 408 g/mol. The van der Waals surface area contributed by atoms with Gasteiger partial charge in [-0.1, -0.05) is 6.92 Å². The third-order valence-corrected chi connectivity index (χ3v) is 6.47. The van der Waals surface area contributed by atoms with Crippen molar-refractivity contribution in [2.45, 2.75) is 64.0 Å². The Kier molecular flexibility index (Phi) is 5.29. The van der Waals surface area contributed by atoms with E-state index in [2.05, 4.69) is 11.9 Å². The molecule has 0 N–H and O–H groups in total. The molecule has 1 saturated heterocycles. The van der Waals surface area contributed by atoms with Crippen molar-refractivity contribution < 1.29 is 18.0 Å². The molecule has 2 aliphatic rings. The van der Waals surface area contributed by atoms with Gasteiger partial charge in [0, 0.05) is 36.7 Å². The zero-order valence-electron chi connectivity index (χ0n) is 16.8. The molecule has 0 spiro atoms. The molecular formula is C21H27F3N4O. The number of carbonyl (C=O) groups excluding carboxylic acids is 1. The number of amides is 1. The van der Waals surface area contributed by atoms with E-state index in [1.165, 1.54) is 0 Å². The molecule has 1 aliphatic heterocycles. The molecule has 5 nitrogen and oxygen atoms in total. The van der Waals surface area contributed by atoms with Crippen molar-refractivity contribution in [3.8, 4) is 0 Å². The highest BCUT2D eigenvalue weighted by Gasteiger charge is 2.42. The molecular weight excluding hydrogens is 381 g/mol. The maximum Gasteiger partial charge on any atom is 0.391 e. The lowest BCUT2D eigenvalue weighted by Gasteiger charge is -2.34. The van der Waals surface area contributed by atoms with Crippen LogP contribution >= 0.6 is 0 Å². The van der Waals surface area contributed by atoms with Crippen molar-refractivity contribution in [1.29, 1.82) is 0 Å². The molecule has 1 saturated carbocycles. The first-order valence-electron chi connectivity index (χ1n) is 10.4. The molecule has 2 atom stereocenters. The van der Waals surface area contributed by atoms with Gasteiger partial charge in [0.1, 0.15) is 0 Å². The quantitative estimate of drug-likeness (QED) is 0.705. The second-order valence-corrected chi connectivity index (χ2v) is 8.85. The van der Waals surface area contributed by atoms with Crippen LogP contribution in [-0.2, 0) is 4.79 Å². The molecule has 8 heteroatoms. The number of hydrogen-bond donors (Lipinski definition) is 0. The Morgan fingerprint density at radius 2 is 1.83 bits per heavy atom. The van der Waals surface area contributed by atoms with Crippen LogP contribution in [-0.4, -0.2) is 45.2 Å².